The highest BCUT2D eigenvalue weighted by Crippen LogP contribution is 2.05. The molecule has 0 aromatic heterocycles. The fourth-order valence-corrected chi connectivity index (χ4v) is 1.19. The summed E-state index contributed by atoms with van der Waals surface area (Å²) in [5, 5.41) is 10.7. The first-order valence-corrected chi connectivity index (χ1v) is 4.86. The molecule has 0 aliphatic rings. The third kappa shape index (κ3) is 19.8. The van der Waals surface area contributed by atoms with E-state index in [1.165, 1.54) is 19.3 Å². The van der Waals surface area contributed by atoms with Crippen LogP contribution in [0.4, 0.5) is 0 Å². The molecule has 0 aromatic rings. The van der Waals surface area contributed by atoms with Crippen molar-refractivity contribution in [3.63, 3.8) is 0 Å². The quantitative estimate of drug-likeness (QED) is 0.197. The van der Waals surface area contributed by atoms with Gasteiger partial charge in [-0.25, -0.2) is 0 Å². The Kier molecular flexibility index (Phi) is 18.0. The maximum Gasteiger partial charge on any atom is 0.238 e. The van der Waals surface area contributed by atoms with Crippen molar-refractivity contribution in [3.05, 3.63) is 0 Å². The molecule has 0 saturated carbocycles. The Morgan fingerprint density at radius 3 is 1.20 bits per heavy atom. The fraction of sp³-hybridized carbons (Fsp3) is 0.778. The van der Waals surface area contributed by atoms with Crippen LogP contribution in [0.1, 0.15) is 44.9 Å². The van der Waals surface area contributed by atoms with Crippen LogP contribution in [0.5, 0.6) is 0 Å². The number of halogens is 2. The summed E-state index contributed by atoms with van der Waals surface area (Å²) in [5.41, 5.74) is 10.7. The predicted molar refractivity (Wildman–Crippen MR) is 54.6 cm³/mol. The SMILES string of the molecule is NC(=[NH2+])CCCCCCCC(N)=[NH2+].[Cl-].[Cl-]. The van der Waals surface area contributed by atoms with Crippen LogP contribution >= 0.6 is 0 Å². The normalized spacial score (nSPS) is 8.53. The molecule has 8 N–H and O–H groups in total. The second-order valence-corrected chi connectivity index (χ2v) is 3.42. The van der Waals surface area contributed by atoms with Gasteiger partial charge in [0.1, 0.15) is 0 Å². The highest BCUT2D eigenvalue weighted by molar-refractivity contribution is 5.73. The second-order valence-electron chi connectivity index (χ2n) is 3.42. The molecule has 0 fully saturated rings. The summed E-state index contributed by atoms with van der Waals surface area (Å²) < 4.78 is 0. The molecule has 0 spiro atoms. The molecule has 0 aliphatic heterocycles. The van der Waals surface area contributed by atoms with Gasteiger partial charge in [-0.05, 0) is 12.8 Å². The fourth-order valence-electron chi connectivity index (χ4n) is 1.19. The van der Waals surface area contributed by atoms with E-state index in [-0.39, 0.29) is 24.8 Å². The topological polar surface area (TPSA) is 103 Å². The van der Waals surface area contributed by atoms with Gasteiger partial charge in [0.25, 0.3) is 0 Å². The zero-order valence-electron chi connectivity index (χ0n) is 9.02. The number of amidine groups is 2. The van der Waals surface area contributed by atoms with Gasteiger partial charge in [-0.3, -0.25) is 22.3 Å². The molecule has 0 aromatic carbocycles. The molecule has 0 saturated heterocycles. The summed E-state index contributed by atoms with van der Waals surface area (Å²) in [7, 11) is 0. The van der Waals surface area contributed by atoms with Gasteiger partial charge in [0.2, 0.25) is 11.7 Å². The summed E-state index contributed by atoms with van der Waals surface area (Å²) in [6.45, 7) is 0. The lowest BCUT2D eigenvalue weighted by atomic mass is 10.1. The minimum atomic E-state index is 0. The molecule has 0 heterocycles. The molecule has 6 heteroatoms. The van der Waals surface area contributed by atoms with E-state index in [9.17, 15) is 0 Å². The van der Waals surface area contributed by atoms with E-state index in [0.29, 0.717) is 11.7 Å². The summed E-state index contributed by atoms with van der Waals surface area (Å²) >= 11 is 0. The van der Waals surface area contributed by atoms with Crippen LogP contribution in [0.2, 0.25) is 0 Å². The average Bonchev–Trinajstić information content (AvgIpc) is 2.01. The molecule has 4 nitrogen and oxygen atoms in total. The van der Waals surface area contributed by atoms with E-state index in [1.54, 1.807) is 0 Å². The van der Waals surface area contributed by atoms with Crippen molar-refractivity contribution in [2.24, 2.45) is 11.5 Å². The van der Waals surface area contributed by atoms with E-state index in [2.05, 4.69) is 0 Å². The van der Waals surface area contributed by atoms with E-state index >= 15 is 0 Å². The zero-order chi connectivity index (χ0) is 10.1. The van der Waals surface area contributed by atoms with Crippen LogP contribution in [0.3, 0.4) is 0 Å². The molecular formula is C9H22Cl2N4. The number of unbranched alkanes of at least 4 members (excludes halogenated alkanes) is 4. The van der Waals surface area contributed by atoms with E-state index < -0.39 is 0 Å². The van der Waals surface area contributed by atoms with Crippen LogP contribution in [-0.4, -0.2) is 11.7 Å². The first kappa shape index (κ1) is 20.0. The molecule has 0 atom stereocenters. The van der Waals surface area contributed by atoms with Gasteiger partial charge in [-0.15, -0.1) is 0 Å². The van der Waals surface area contributed by atoms with E-state index in [0.717, 1.165) is 25.7 Å². The number of hydrogen-bond acceptors (Lipinski definition) is 0. The molecule has 92 valence electrons. The highest BCUT2D eigenvalue weighted by atomic mass is 35.5. The Bertz CT molecular complexity index is 155. The van der Waals surface area contributed by atoms with Crippen molar-refractivity contribution >= 4 is 11.7 Å². The minimum absolute atomic E-state index is 0. The molecular weight excluding hydrogens is 235 g/mol. The first-order valence-electron chi connectivity index (χ1n) is 4.86. The Labute approximate surface area is 104 Å². The largest absolute Gasteiger partial charge is 1.00 e. The Balaban J connectivity index is -0.000000720. The van der Waals surface area contributed by atoms with Gasteiger partial charge in [0.05, 0.1) is 0 Å². The van der Waals surface area contributed by atoms with E-state index in [1.807, 2.05) is 0 Å². The smallest absolute Gasteiger partial charge is 0.238 e. The average molecular weight is 257 g/mol. The molecule has 0 aliphatic carbocycles. The highest BCUT2D eigenvalue weighted by Gasteiger charge is 1.97. The molecule has 0 unspecified atom stereocenters. The van der Waals surface area contributed by atoms with Gasteiger partial charge in [-0.1, -0.05) is 19.3 Å². The van der Waals surface area contributed by atoms with Crippen LogP contribution < -0.4 is 47.1 Å². The van der Waals surface area contributed by atoms with Crippen molar-refractivity contribution in [3.8, 4) is 0 Å². The van der Waals surface area contributed by atoms with Crippen molar-refractivity contribution < 1.29 is 35.6 Å². The molecule has 0 amide bonds. The lowest BCUT2D eigenvalue weighted by Crippen LogP contribution is -3.00. The van der Waals surface area contributed by atoms with Gasteiger partial charge in [-0.2, -0.15) is 0 Å². The maximum atomic E-state index is 5.33. The first-order chi connectivity index (χ1) is 6.13. The lowest BCUT2D eigenvalue weighted by Gasteiger charge is -1.97. The Morgan fingerprint density at radius 1 is 0.667 bits per heavy atom. The van der Waals surface area contributed by atoms with E-state index in [4.69, 9.17) is 22.3 Å². The number of rotatable bonds is 8. The molecule has 0 radical (unpaired) electrons. The van der Waals surface area contributed by atoms with Crippen LogP contribution in [0.15, 0.2) is 0 Å². The van der Waals surface area contributed by atoms with Gasteiger partial charge >= 0.3 is 0 Å². The molecule has 0 bridgehead atoms. The number of nitrogens with two attached hydrogens (primary N) is 4. The molecule has 15 heavy (non-hydrogen) atoms. The second kappa shape index (κ2) is 13.5. The summed E-state index contributed by atoms with van der Waals surface area (Å²) in [4.78, 5) is 0. The van der Waals surface area contributed by atoms with Gasteiger partial charge in [0, 0.05) is 12.8 Å². The third-order valence-electron chi connectivity index (χ3n) is 1.93. The molecule has 0 rings (SSSR count). The third-order valence-corrected chi connectivity index (χ3v) is 1.93. The van der Waals surface area contributed by atoms with Crippen LogP contribution in [-0.2, 0) is 0 Å². The van der Waals surface area contributed by atoms with Gasteiger partial charge < -0.3 is 24.8 Å². The van der Waals surface area contributed by atoms with Crippen molar-refractivity contribution in [2.75, 3.05) is 0 Å². The number of hydrogen-bond donors (Lipinski definition) is 4. The summed E-state index contributed by atoms with van der Waals surface area (Å²) in [5.74, 6) is 1.08. The van der Waals surface area contributed by atoms with Crippen molar-refractivity contribution in [1.82, 2.24) is 0 Å². The predicted octanol–water partition coefficient (Wildman–Crippen LogP) is -8.04. The maximum absolute atomic E-state index is 5.33. The lowest BCUT2D eigenvalue weighted by molar-refractivity contribution is -0.118. The van der Waals surface area contributed by atoms with Crippen LogP contribution in [0.25, 0.3) is 0 Å². The van der Waals surface area contributed by atoms with Crippen molar-refractivity contribution in [1.29, 1.82) is 0 Å². The van der Waals surface area contributed by atoms with Crippen LogP contribution in [0, 0.1) is 0 Å². The Hall–Kier alpha value is -0.480. The monoisotopic (exact) mass is 256 g/mol. The van der Waals surface area contributed by atoms with Crippen molar-refractivity contribution in [2.45, 2.75) is 44.9 Å². The zero-order valence-corrected chi connectivity index (χ0v) is 10.5. The van der Waals surface area contributed by atoms with Gasteiger partial charge in [0.15, 0.2) is 0 Å². The minimum Gasteiger partial charge on any atom is -1.00 e. The standard InChI is InChI=1S/C9H20N4.2ClH/c10-8(11)6-4-2-1-3-5-7-9(12)13;;/h1-7H2,(H3,10,11)(H3,12,13);2*1H. The summed E-state index contributed by atoms with van der Waals surface area (Å²) in [6, 6.07) is 0. The Morgan fingerprint density at radius 2 is 0.933 bits per heavy atom. The summed E-state index contributed by atoms with van der Waals surface area (Å²) in [6.07, 6.45) is 7.43.